The van der Waals surface area contributed by atoms with E-state index in [1.165, 1.54) is 6.07 Å². The zero-order valence-electron chi connectivity index (χ0n) is 14.1. The molecule has 0 aliphatic rings. The molecule has 130 valence electrons. The third kappa shape index (κ3) is 2.59. The number of rotatable bonds is 3. The Morgan fingerprint density at radius 2 is 1.77 bits per heavy atom. The second kappa shape index (κ2) is 6.38. The largest absolute Gasteiger partial charge is 0.508 e. The topological polar surface area (TPSA) is 71.2 Å². The number of aryl methyl sites for hydroxylation is 1. The smallest absolute Gasteiger partial charge is 0.145 e. The van der Waals surface area contributed by atoms with Crippen LogP contribution in [0.2, 0.25) is 0 Å². The van der Waals surface area contributed by atoms with Crippen molar-refractivity contribution < 1.29 is 10.2 Å². The highest BCUT2D eigenvalue weighted by Crippen LogP contribution is 2.37. The van der Waals surface area contributed by atoms with Crippen molar-refractivity contribution in [1.82, 2.24) is 15.0 Å². The van der Waals surface area contributed by atoms with Crippen LogP contribution in [0.1, 0.15) is 12.5 Å². The molecule has 26 heavy (non-hydrogen) atoms. The Balaban J connectivity index is 2.01. The molecule has 0 aliphatic carbocycles. The second-order valence-corrected chi connectivity index (χ2v) is 6.45. The van der Waals surface area contributed by atoms with Crippen LogP contribution in [0, 0.1) is 0 Å². The van der Waals surface area contributed by atoms with Crippen LogP contribution in [0.25, 0.3) is 27.7 Å². The van der Waals surface area contributed by atoms with Gasteiger partial charge >= 0.3 is 0 Å². The molecule has 1 aromatic heterocycles. The number of benzene rings is 3. The van der Waals surface area contributed by atoms with Crippen molar-refractivity contribution in [3.8, 4) is 28.4 Å². The lowest BCUT2D eigenvalue weighted by atomic mass is 10.0. The highest BCUT2D eigenvalue weighted by atomic mass is 32.1. The fourth-order valence-corrected chi connectivity index (χ4v) is 3.43. The average Bonchev–Trinajstić information content (AvgIpc) is 3.02. The van der Waals surface area contributed by atoms with E-state index in [9.17, 15) is 10.2 Å². The minimum absolute atomic E-state index is 0.0617. The van der Waals surface area contributed by atoms with E-state index in [-0.39, 0.29) is 11.5 Å². The number of phenols is 2. The van der Waals surface area contributed by atoms with Gasteiger partial charge in [-0.1, -0.05) is 54.6 Å². The third-order valence-electron chi connectivity index (χ3n) is 4.48. The maximum atomic E-state index is 10.4. The van der Waals surface area contributed by atoms with Gasteiger partial charge in [0.1, 0.15) is 27.9 Å². The predicted molar refractivity (Wildman–Crippen MR) is 104 cm³/mol. The van der Waals surface area contributed by atoms with E-state index in [0.717, 1.165) is 21.9 Å². The number of thiol groups is 1. The van der Waals surface area contributed by atoms with Gasteiger partial charge < -0.3 is 10.2 Å². The molecule has 4 aromatic rings. The Kier molecular flexibility index (Phi) is 4.05. The normalized spacial score (nSPS) is 11.2. The summed E-state index contributed by atoms with van der Waals surface area (Å²) >= 11 is 4.48. The first kappa shape index (κ1) is 16.5. The zero-order chi connectivity index (χ0) is 18.3. The molecule has 0 atom stereocenters. The van der Waals surface area contributed by atoms with Gasteiger partial charge in [-0.05, 0) is 28.8 Å². The minimum Gasteiger partial charge on any atom is -0.508 e. The molecule has 0 amide bonds. The maximum Gasteiger partial charge on any atom is 0.145 e. The van der Waals surface area contributed by atoms with E-state index in [2.05, 4.69) is 22.9 Å². The second-order valence-electron chi connectivity index (χ2n) is 6.02. The number of hydrogen-bond donors (Lipinski definition) is 3. The Bertz CT molecular complexity index is 1120. The van der Waals surface area contributed by atoms with Crippen LogP contribution in [0.15, 0.2) is 59.6 Å². The van der Waals surface area contributed by atoms with Crippen LogP contribution >= 0.6 is 12.6 Å². The lowest BCUT2D eigenvalue weighted by Gasteiger charge is -2.13. The van der Waals surface area contributed by atoms with E-state index in [4.69, 9.17) is 0 Å². The molecule has 0 radical (unpaired) electrons. The van der Waals surface area contributed by atoms with Crippen LogP contribution in [-0.4, -0.2) is 25.2 Å². The van der Waals surface area contributed by atoms with E-state index < -0.39 is 0 Å². The van der Waals surface area contributed by atoms with Gasteiger partial charge in [0, 0.05) is 11.6 Å². The van der Waals surface area contributed by atoms with Crippen molar-refractivity contribution >= 4 is 23.4 Å². The van der Waals surface area contributed by atoms with Crippen molar-refractivity contribution in [1.29, 1.82) is 0 Å². The van der Waals surface area contributed by atoms with Gasteiger partial charge in [-0.25, -0.2) is 4.68 Å². The van der Waals surface area contributed by atoms with Crippen molar-refractivity contribution in [2.75, 3.05) is 0 Å². The van der Waals surface area contributed by atoms with E-state index >= 15 is 0 Å². The lowest BCUT2D eigenvalue weighted by Crippen LogP contribution is -2.01. The van der Waals surface area contributed by atoms with Crippen LogP contribution in [-0.2, 0) is 6.42 Å². The quantitative estimate of drug-likeness (QED) is 0.473. The molecule has 2 N–H and O–H groups in total. The molecule has 0 bridgehead atoms. The fraction of sp³-hybridized carbons (Fsp3) is 0.100. The molecule has 5 nitrogen and oxygen atoms in total. The summed E-state index contributed by atoms with van der Waals surface area (Å²) in [5, 5.41) is 31.2. The van der Waals surface area contributed by atoms with Crippen LogP contribution < -0.4 is 0 Å². The summed E-state index contributed by atoms with van der Waals surface area (Å²) in [5.74, 6) is -0.00825. The van der Waals surface area contributed by atoms with Gasteiger partial charge in [0.15, 0.2) is 0 Å². The lowest BCUT2D eigenvalue weighted by molar-refractivity contribution is 0.443. The molecule has 4 rings (SSSR count). The SMILES string of the molecule is CCc1cc(-n2nnc(S)c2-c2cccc3ccccc23)c(O)cc1O. The molecule has 0 unspecified atom stereocenters. The highest BCUT2D eigenvalue weighted by molar-refractivity contribution is 7.80. The number of fused-ring (bicyclic) bond motifs is 1. The maximum absolute atomic E-state index is 10.4. The summed E-state index contributed by atoms with van der Waals surface area (Å²) in [7, 11) is 0. The Morgan fingerprint density at radius 3 is 2.58 bits per heavy atom. The summed E-state index contributed by atoms with van der Waals surface area (Å²) in [6.07, 6.45) is 0.630. The van der Waals surface area contributed by atoms with E-state index in [1.54, 1.807) is 10.7 Å². The predicted octanol–water partition coefficient (Wildman–Crippen LogP) is 4.35. The number of aromatic hydroxyl groups is 2. The molecular formula is C20H17N3O2S. The van der Waals surface area contributed by atoms with Gasteiger partial charge in [0.05, 0.1) is 0 Å². The van der Waals surface area contributed by atoms with Crippen molar-refractivity contribution in [2.24, 2.45) is 0 Å². The summed E-state index contributed by atoms with van der Waals surface area (Å²) in [6, 6.07) is 17.1. The molecule has 1 heterocycles. The first-order valence-corrected chi connectivity index (χ1v) is 8.73. The van der Waals surface area contributed by atoms with Gasteiger partial charge in [-0.3, -0.25) is 0 Å². The van der Waals surface area contributed by atoms with Gasteiger partial charge in [-0.15, -0.1) is 17.7 Å². The molecule has 0 saturated carbocycles. The number of nitrogens with zero attached hydrogens (tertiary/aromatic N) is 3. The zero-order valence-corrected chi connectivity index (χ0v) is 15.0. The molecule has 0 aliphatic heterocycles. The van der Waals surface area contributed by atoms with Crippen molar-refractivity contribution in [3.63, 3.8) is 0 Å². The first-order chi connectivity index (χ1) is 12.6. The minimum atomic E-state index is -0.0700. The molecule has 6 heteroatoms. The van der Waals surface area contributed by atoms with Crippen molar-refractivity contribution in [3.05, 3.63) is 60.2 Å². The molecular weight excluding hydrogens is 346 g/mol. The molecule has 0 fully saturated rings. The molecule has 0 spiro atoms. The van der Waals surface area contributed by atoms with Gasteiger partial charge in [0.2, 0.25) is 0 Å². The summed E-state index contributed by atoms with van der Waals surface area (Å²) in [4.78, 5) is 0. The van der Waals surface area contributed by atoms with Gasteiger partial charge in [0.25, 0.3) is 0 Å². The van der Waals surface area contributed by atoms with Crippen LogP contribution in [0.5, 0.6) is 11.5 Å². The van der Waals surface area contributed by atoms with E-state index in [1.807, 2.05) is 49.4 Å². The van der Waals surface area contributed by atoms with Crippen LogP contribution in [0.4, 0.5) is 0 Å². The third-order valence-corrected chi connectivity index (χ3v) is 4.78. The number of hydrogen-bond acceptors (Lipinski definition) is 5. The molecule has 0 saturated heterocycles. The Hall–Kier alpha value is -2.99. The average molecular weight is 363 g/mol. The first-order valence-electron chi connectivity index (χ1n) is 8.28. The van der Waals surface area contributed by atoms with Gasteiger partial charge in [-0.2, -0.15) is 0 Å². The highest BCUT2D eigenvalue weighted by Gasteiger charge is 2.19. The fourth-order valence-electron chi connectivity index (χ4n) is 3.17. The monoisotopic (exact) mass is 363 g/mol. The Labute approximate surface area is 155 Å². The van der Waals surface area contributed by atoms with Crippen LogP contribution in [0.3, 0.4) is 0 Å². The summed E-state index contributed by atoms with van der Waals surface area (Å²) < 4.78 is 1.57. The number of aromatic nitrogens is 3. The summed E-state index contributed by atoms with van der Waals surface area (Å²) in [5.41, 5.74) is 2.78. The Morgan fingerprint density at radius 1 is 1.00 bits per heavy atom. The standard InChI is InChI=1S/C20H17N3O2S/c1-2-12-10-16(18(25)11-17(12)24)23-19(20(26)21-22-23)15-9-5-7-13-6-3-4-8-14(13)15/h3-11,24-26H,2H2,1H3. The van der Waals surface area contributed by atoms with E-state index in [0.29, 0.717) is 22.8 Å². The van der Waals surface area contributed by atoms with Crippen molar-refractivity contribution in [2.45, 2.75) is 18.4 Å². The number of phenolic OH excluding ortho intramolecular Hbond substituents is 2. The molecule has 3 aromatic carbocycles. The summed E-state index contributed by atoms with van der Waals surface area (Å²) in [6.45, 7) is 1.94.